The number of hydrogen-bond donors (Lipinski definition) is 1. The highest BCUT2D eigenvalue weighted by atomic mass is 79.9. The second kappa shape index (κ2) is 8.69. The first kappa shape index (κ1) is 20.7. The van der Waals surface area contributed by atoms with Gasteiger partial charge < -0.3 is 4.74 Å². The Morgan fingerprint density at radius 3 is 3.10 bits per heavy atom. The van der Waals surface area contributed by atoms with Gasteiger partial charge in [-0.2, -0.15) is 5.10 Å². The standard InChI is InChI=1S/C21H21BrN4O3S/c1-12-3-5-14-17(7-12)30-20-19(14)21(28)26(11-23-20)10-18(27)25-24-9-13-4-6-16(29-2)15(22)8-13/h4,6,8-9,11-12H,3,5,7,10H2,1-2H3,(H,25,27)/b24-9-. The van der Waals surface area contributed by atoms with E-state index in [1.54, 1.807) is 24.5 Å². The lowest BCUT2D eigenvalue weighted by atomic mass is 9.89. The number of amides is 1. The van der Waals surface area contributed by atoms with Gasteiger partial charge in [-0.25, -0.2) is 10.4 Å². The van der Waals surface area contributed by atoms with Crippen LogP contribution < -0.4 is 15.7 Å². The molecule has 3 aromatic rings. The van der Waals surface area contributed by atoms with Crippen molar-refractivity contribution in [1.29, 1.82) is 0 Å². The van der Waals surface area contributed by atoms with Crippen LogP contribution in [-0.4, -0.2) is 28.8 Å². The number of nitrogens with zero attached hydrogens (tertiary/aromatic N) is 3. The molecule has 1 aliphatic rings. The summed E-state index contributed by atoms with van der Waals surface area (Å²) in [5.74, 6) is 0.950. The Labute approximate surface area is 185 Å². The summed E-state index contributed by atoms with van der Waals surface area (Å²) >= 11 is 5.01. The van der Waals surface area contributed by atoms with Gasteiger partial charge in [0.05, 0.1) is 29.5 Å². The monoisotopic (exact) mass is 488 g/mol. The molecule has 1 amide bonds. The normalized spacial score (nSPS) is 16.0. The smallest absolute Gasteiger partial charge is 0.262 e. The fourth-order valence-electron chi connectivity index (χ4n) is 3.61. The average Bonchev–Trinajstić information content (AvgIpc) is 3.08. The van der Waals surface area contributed by atoms with Crippen molar-refractivity contribution in [2.75, 3.05) is 7.11 Å². The summed E-state index contributed by atoms with van der Waals surface area (Å²) in [6.45, 7) is 2.10. The molecule has 0 fully saturated rings. The van der Waals surface area contributed by atoms with E-state index in [1.165, 1.54) is 22.0 Å². The van der Waals surface area contributed by atoms with Crippen molar-refractivity contribution < 1.29 is 9.53 Å². The van der Waals surface area contributed by atoms with Gasteiger partial charge >= 0.3 is 0 Å². The summed E-state index contributed by atoms with van der Waals surface area (Å²) in [6.07, 6.45) is 5.93. The van der Waals surface area contributed by atoms with E-state index in [0.717, 1.165) is 39.7 Å². The highest BCUT2D eigenvalue weighted by molar-refractivity contribution is 9.10. The number of rotatable bonds is 5. The zero-order valence-corrected chi connectivity index (χ0v) is 19.0. The molecule has 7 nitrogen and oxygen atoms in total. The number of hydrogen-bond acceptors (Lipinski definition) is 6. The molecular formula is C21H21BrN4O3S. The number of aromatic nitrogens is 2. The maximum absolute atomic E-state index is 13.0. The Balaban J connectivity index is 1.47. The van der Waals surface area contributed by atoms with E-state index < -0.39 is 0 Å². The number of fused-ring (bicyclic) bond motifs is 3. The average molecular weight is 489 g/mol. The molecule has 1 aliphatic carbocycles. The van der Waals surface area contributed by atoms with Crippen molar-refractivity contribution >= 4 is 49.6 Å². The summed E-state index contributed by atoms with van der Waals surface area (Å²) in [4.78, 5) is 31.7. The van der Waals surface area contributed by atoms with Crippen LogP contribution in [0.3, 0.4) is 0 Å². The minimum Gasteiger partial charge on any atom is -0.496 e. The molecule has 30 heavy (non-hydrogen) atoms. The van der Waals surface area contributed by atoms with Crippen LogP contribution in [0.15, 0.2) is 38.9 Å². The minimum absolute atomic E-state index is 0.132. The molecule has 1 aromatic carbocycles. The van der Waals surface area contributed by atoms with Crippen LogP contribution in [0.2, 0.25) is 0 Å². The maximum atomic E-state index is 13.0. The van der Waals surface area contributed by atoms with Crippen molar-refractivity contribution in [3.05, 3.63) is 55.4 Å². The number of carbonyl (C=O) groups excluding carboxylic acids is 1. The van der Waals surface area contributed by atoms with Gasteiger partial charge in [0.2, 0.25) is 0 Å². The zero-order valence-electron chi connectivity index (χ0n) is 16.6. The molecule has 9 heteroatoms. The van der Waals surface area contributed by atoms with Crippen LogP contribution in [0.1, 0.15) is 29.3 Å². The fraction of sp³-hybridized carbons (Fsp3) is 0.333. The quantitative estimate of drug-likeness (QED) is 0.439. The van der Waals surface area contributed by atoms with Crippen molar-refractivity contribution in [1.82, 2.24) is 15.0 Å². The van der Waals surface area contributed by atoms with Crippen molar-refractivity contribution in [3.63, 3.8) is 0 Å². The lowest BCUT2D eigenvalue weighted by molar-refractivity contribution is -0.121. The molecule has 1 unspecified atom stereocenters. The molecule has 4 rings (SSSR count). The van der Waals surface area contributed by atoms with Crippen molar-refractivity contribution in [3.8, 4) is 5.75 Å². The van der Waals surface area contributed by atoms with Gasteiger partial charge in [-0.3, -0.25) is 14.2 Å². The second-order valence-electron chi connectivity index (χ2n) is 7.40. The van der Waals surface area contributed by atoms with E-state index in [9.17, 15) is 9.59 Å². The lowest BCUT2D eigenvalue weighted by Crippen LogP contribution is -2.30. The van der Waals surface area contributed by atoms with Crippen LogP contribution in [-0.2, 0) is 24.2 Å². The molecule has 0 radical (unpaired) electrons. The Morgan fingerprint density at radius 1 is 1.50 bits per heavy atom. The second-order valence-corrected chi connectivity index (χ2v) is 9.33. The molecular weight excluding hydrogens is 468 g/mol. The molecule has 2 heterocycles. The number of benzene rings is 1. The molecule has 0 aliphatic heterocycles. The first-order valence-electron chi connectivity index (χ1n) is 9.61. The first-order valence-corrected chi connectivity index (χ1v) is 11.2. The largest absolute Gasteiger partial charge is 0.496 e. The number of nitrogens with one attached hydrogen (secondary N) is 1. The number of carbonyl (C=O) groups is 1. The summed E-state index contributed by atoms with van der Waals surface area (Å²) in [5, 5.41) is 4.65. The number of halogens is 1. The van der Waals surface area contributed by atoms with E-state index in [0.29, 0.717) is 17.1 Å². The molecule has 1 atom stereocenters. The number of ether oxygens (including phenoxy) is 1. The number of thiophene rings is 1. The topological polar surface area (TPSA) is 85.6 Å². The van der Waals surface area contributed by atoms with Crippen LogP contribution in [0.5, 0.6) is 5.75 Å². The highest BCUT2D eigenvalue weighted by Crippen LogP contribution is 2.35. The third kappa shape index (κ3) is 4.17. The van der Waals surface area contributed by atoms with E-state index in [1.807, 2.05) is 12.1 Å². The summed E-state index contributed by atoms with van der Waals surface area (Å²) in [5.41, 5.74) is 4.21. The Bertz CT molecular complexity index is 1200. The predicted molar refractivity (Wildman–Crippen MR) is 121 cm³/mol. The van der Waals surface area contributed by atoms with E-state index in [2.05, 4.69) is 38.4 Å². The molecule has 1 N–H and O–H groups in total. The lowest BCUT2D eigenvalue weighted by Gasteiger charge is -2.17. The van der Waals surface area contributed by atoms with E-state index in [4.69, 9.17) is 4.74 Å². The van der Waals surface area contributed by atoms with E-state index in [-0.39, 0.29) is 18.0 Å². The number of aryl methyl sites for hydroxylation is 1. The van der Waals surface area contributed by atoms with Crippen molar-refractivity contribution in [2.45, 2.75) is 32.7 Å². The zero-order chi connectivity index (χ0) is 21.3. The van der Waals surface area contributed by atoms with Gasteiger partial charge in [0.25, 0.3) is 11.5 Å². The van der Waals surface area contributed by atoms with Crippen molar-refractivity contribution in [2.24, 2.45) is 11.0 Å². The summed E-state index contributed by atoms with van der Waals surface area (Å²) in [7, 11) is 1.59. The molecule has 0 saturated carbocycles. The van der Waals surface area contributed by atoms with Gasteiger partial charge in [0.1, 0.15) is 17.1 Å². The van der Waals surface area contributed by atoms with Crippen LogP contribution in [0.25, 0.3) is 10.2 Å². The van der Waals surface area contributed by atoms with Gasteiger partial charge in [0.15, 0.2) is 0 Å². The van der Waals surface area contributed by atoms with Gasteiger partial charge in [-0.15, -0.1) is 11.3 Å². The molecule has 0 bridgehead atoms. The summed E-state index contributed by atoms with van der Waals surface area (Å²) in [6, 6.07) is 5.45. The summed E-state index contributed by atoms with van der Waals surface area (Å²) < 4.78 is 7.33. The van der Waals surface area contributed by atoms with Crippen LogP contribution >= 0.6 is 27.3 Å². The first-order chi connectivity index (χ1) is 14.5. The third-order valence-corrected chi connectivity index (χ3v) is 6.96. The minimum atomic E-state index is -0.389. The fourth-order valence-corrected chi connectivity index (χ4v) is 5.51. The SMILES string of the molecule is COc1ccc(/C=N\NC(=O)Cn2cnc3sc4c(c3c2=O)CCC(C)C4)cc1Br. The van der Waals surface area contributed by atoms with Gasteiger partial charge in [-0.05, 0) is 70.4 Å². The number of hydrazone groups is 1. The molecule has 0 saturated heterocycles. The molecule has 156 valence electrons. The Hall–Kier alpha value is -2.52. The maximum Gasteiger partial charge on any atom is 0.262 e. The van der Waals surface area contributed by atoms with Gasteiger partial charge in [-0.1, -0.05) is 6.92 Å². The Morgan fingerprint density at radius 2 is 2.33 bits per heavy atom. The number of methoxy groups -OCH3 is 1. The van der Waals surface area contributed by atoms with Gasteiger partial charge in [0, 0.05) is 4.88 Å². The Kier molecular flexibility index (Phi) is 6.01. The van der Waals surface area contributed by atoms with E-state index >= 15 is 0 Å². The molecule has 2 aromatic heterocycles. The van der Waals surface area contributed by atoms with Crippen LogP contribution in [0, 0.1) is 5.92 Å². The third-order valence-electron chi connectivity index (χ3n) is 5.17. The highest BCUT2D eigenvalue weighted by Gasteiger charge is 2.23. The van der Waals surface area contributed by atoms with Crippen LogP contribution in [0.4, 0.5) is 0 Å². The molecule has 0 spiro atoms. The predicted octanol–water partition coefficient (Wildman–Crippen LogP) is 3.50.